The molecule has 2 atom stereocenters. The van der Waals surface area contributed by atoms with Gasteiger partial charge in [0, 0.05) is 30.7 Å². The second-order valence-corrected chi connectivity index (χ2v) is 9.05. The molecule has 3 rings (SSSR count). The summed E-state index contributed by atoms with van der Waals surface area (Å²) in [7, 11) is -3.43. The van der Waals surface area contributed by atoms with Crippen LogP contribution in [0.4, 0.5) is 0 Å². The number of carbonyl (C=O) groups is 1. The van der Waals surface area contributed by atoms with Crippen molar-refractivity contribution < 1.29 is 13.2 Å². The summed E-state index contributed by atoms with van der Waals surface area (Å²) < 4.78 is 26.6. The summed E-state index contributed by atoms with van der Waals surface area (Å²) in [4.78, 5) is 12.8. The zero-order chi connectivity index (χ0) is 18.0. The number of hydrazine groups is 1. The predicted octanol–water partition coefficient (Wildman–Crippen LogP) is 2.38. The lowest BCUT2D eigenvalue weighted by atomic mass is 10.00. The summed E-state index contributed by atoms with van der Waals surface area (Å²) in [5.74, 6) is -0.189. The number of hydrogen-bond donors (Lipinski definition) is 1. The maximum Gasteiger partial charge on any atom is 0.265 e. The molecule has 2 aliphatic heterocycles. The van der Waals surface area contributed by atoms with E-state index in [-0.39, 0.29) is 10.8 Å². The first-order valence-corrected chi connectivity index (χ1v) is 10.5. The molecule has 6 nitrogen and oxygen atoms in total. The van der Waals surface area contributed by atoms with Crippen molar-refractivity contribution in [1.29, 1.82) is 0 Å². The van der Waals surface area contributed by atoms with Crippen molar-refractivity contribution in [2.45, 2.75) is 62.9 Å². The lowest BCUT2D eigenvalue weighted by Crippen LogP contribution is -2.54. The second kappa shape index (κ2) is 7.43. The van der Waals surface area contributed by atoms with Gasteiger partial charge < -0.3 is 0 Å². The van der Waals surface area contributed by atoms with Crippen LogP contribution < -0.4 is 5.43 Å². The number of amides is 1. The van der Waals surface area contributed by atoms with Crippen LogP contribution in [0.25, 0.3) is 0 Å². The summed E-state index contributed by atoms with van der Waals surface area (Å²) in [6.45, 7) is 5.38. The molecular weight excluding hydrogens is 338 g/mol. The topological polar surface area (TPSA) is 69.7 Å². The molecule has 2 saturated heterocycles. The van der Waals surface area contributed by atoms with Crippen LogP contribution in [0.2, 0.25) is 0 Å². The second-order valence-electron chi connectivity index (χ2n) is 7.11. The Hall–Kier alpha value is -1.44. The largest absolute Gasteiger partial charge is 0.284 e. The van der Waals surface area contributed by atoms with Gasteiger partial charge in [-0.2, -0.15) is 4.31 Å². The van der Waals surface area contributed by atoms with Gasteiger partial charge in [0.15, 0.2) is 0 Å². The molecule has 2 aliphatic rings. The van der Waals surface area contributed by atoms with E-state index in [1.807, 2.05) is 5.01 Å². The van der Waals surface area contributed by atoms with E-state index in [2.05, 4.69) is 19.3 Å². The molecule has 0 spiro atoms. The number of sulfonamides is 1. The van der Waals surface area contributed by atoms with Crippen molar-refractivity contribution in [2.24, 2.45) is 0 Å². The Morgan fingerprint density at radius 3 is 2.12 bits per heavy atom. The molecule has 1 N–H and O–H groups in total. The summed E-state index contributed by atoms with van der Waals surface area (Å²) in [5, 5.41) is 2.01. The van der Waals surface area contributed by atoms with Crippen molar-refractivity contribution in [3.8, 4) is 0 Å². The Balaban J connectivity index is 1.70. The van der Waals surface area contributed by atoms with E-state index in [1.165, 1.54) is 22.9 Å². The van der Waals surface area contributed by atoms with Crippen molar-refractivity contribution >= 4 is 15.9 Å². The Labute approximate surface area is 150 Å². The molecule has 0 saturated carbocycles. The zero-order valence-electron chi connectivity index (χ0n) is 14.9. The van der Waals surface area contributed by atoms with Gasteiger partial charge in [0.2, 0.25) is 10.0 Å². The summed E-state index contributed by atoms with van der Waals surface area (Å²) in [5.41, 5.74) is 3.46. The molecule has 2 fully saturated rings. The Morgan fingerprint density at radius 1 is 1.00 bits per heavy atom. The maximum absolute atomic E-state index is 12.5. The average Bonchev–Trinajstić information content (AvgIpc) is 3.14. The highest BCUT2D eigenvalue weighted by molar-refractivity contribution is 7.89. The maximum atomic E-state index is 12.5. The van der Waals surface area contributed by atoms with Gasteiger partial charge in [-0.25, -0.2) is 13.4 Å². The van der Waals surface area contributed by atoms with Crippen LogP contribution in [0.5, 0.6) is 0 Å². The third kappa shape index (κ3) is 3.88. The van der Waals surface area contributed by atoms with Crippen LogP contribution in [-0.2, 0) is 10.0 Å². The van der Waals surface area contributed by atoms with Crippen molar-refractivity contribution in [3.63, 3.8) is 0 Å². The molecule has 0 aromatic heterocycles. The van der Waals surface area contributed by atoms with E-state index in [9.17, 15) is 13.2 Å². The van der Waals surface area contributed by atoms with E-state index in [4.69, 9.17) is 0 Å². The molecule has 1 amide bonds. The normalized spacial score (nSPS) is 25.8. The van der Waals surface area contributed by atoms with Gasteiger partial charge in [0.05, 0.1) is 4.90 Å². The van der Waals surface area contributed by atoms with E-state index in [0.717, 1.165) is 25.7 Å². The van der Waals surface area contributed by atoms with Crippen LogP contribution in [-0.4, -0.2) is 48.8 Å². The first-order valence-electron chi connectivity index (χ1n) is 9.09. The first kappa shape index (κ1) is 18.4. The molecule has 0 aliphatic carbocycles. The summed E-state index contributed by atoms with van der Waals surface area (Å²) in [6.07, 6.45) is 5.13. The number of carbonyl (C=O) groups excluding carboxylic acids is 1. The SMILES string of the molecule is C[C@H]1CCC[C@H](C)N1NC(=O)c1ccc(S(=O)(=O)N2CCCC2)cc1. The fraction of sp³-hybridized carbons (Fsp3) is 0.611. The highest BCUT2D eigenvalue weighted by Crippen LogP contribution is 2.22. The molecule has 7 heteroatoms. The minimum Gasteiger partial charge on any atom is -0.284 e. The van der Waals surface area contributed by atoms with Gasteiger partial charge in [-0.3, -0.25) is 10.2 Å². The van der Waals surface area contributed by atoms with Gasteiger partial charge in [-0.1, -0.05) is 6.42 Å². The Bertz CT molecular complexity index is 702. The van der Waals surface area contributed by atoms with Crippen molar-refractivity contribution in [2.75, 3.05) is 13.1 Å². The first-order chi connectivity index (χ1) is 11.9. The fourth-order valence-electron chi connectivity index (χ4n) is 3.68. The third-order valence-corrected chi connectivity index (χ3v) is 7.16. The molecule has 25 heavy (non-hydrogen) atoms. The van der Waals surface area contributed by atoms with Crippen LogP contribution in [0, 0.1) is 0 Å². The van der Waals surface area contributed by atoms with Gasteiger partial charge in [-0.15, -0.1) is 0 Å². The quantitative estimate of drug-likeness (QED) is 0.889. The minimum atomic E-state index is -3.43. The molecule has 0 radical (unpaired) electrons. The van der Waals surface area contributed by atoms with Crippen molar-refractivity contribution in [3.05, 3.63) is 29.8 Å². The van der Waals surface area contributed by atoms with E-state index < -0.39 is 10.0 Å². The standard InChI is InChI=1S/C18H27N3O3S/c1-14-6-5-7-15(2)21(14)19-18(22)16-8-10-17(11-9-16)25(23,24)20-12-3-4-13-20/h8-11,14-15H,3-7,12-13H2,1-2H3,(H,19,22)/t14-,15-/m0/s1. The minimum absolute atomic E-state index is 0.189. The predicted molar refractivity (Wildman–Crippen MR) is 96.5 cm³/mol. The number of rotatable bonds is 4. The number of nitrogens with one attached hydrogen (secondary N) is 1. The van der Waals surface area contributed by atoms with E-state index >= 15 is 0 Å². The van der Waals surface area contributed by atoms with E-state index in [1.54, 1.807) is 12.1 Å². The van der Waals surface area contributed by atoms with Crippen LogP contribution in [0.1, 0.15) is 56.3 Å². The molecule has 138 valence electrons. The van der Waals surface area contributed by atoms with Gasteiger partial charge in [-0.05, 0) is 63.8 Å². The van der Waals surface area contributed by atoms with Crippen LogP contribution in [0.3, 0.4) is 0 Å². The third-order valence-electron chi connectivity index (χ3n) is 5.24. The van der Waals surface area contributed by atoms with Crippen LogP contribution in [0.15, 0.2) is 29.2 Å². The molecular formula is C18H27N3O3S. The Morgan fingerprint density at radius 2 is 1.56 bits per heavy atom. The summed E-state index contributed by atoms with van der Waals surface area (Å²) in [6, 6.07) is 6.87. The van der Waals surface area contributed by atoms with Gasteiger partial charge in [0.25, 0.3) is 5.91 Å². The van der Waals surface area contributed by atoms with Crippen LogP contribution >= 0.6 is 0 Å². The smallest absolute Gasteiger partial charge is 0.265 e. The lowest BCUT2D eigenvalue weighted by Gasteiger charge is -2.38. The highest BCUT2D eigenvalue weighted by atomic mass is 32.2. The molecule has 1 aromatic rings. The number of nitrogens with zero attached hydrogens (tertiary/aromatic N) is 2. The molecule has 2 heterocycles. The monoisotopic (exact) mass is 365 g/mol. The highest BCUT2D eigenvalue weighted by Gasteiger charge is 2.28. The van der Waals surface area contributed by atoms with Gasteiger partial charge >= 0.3 is 0 Å². The zero-order valence-corrected chi connectivity index (χ0v) is 15.8. The average molecular weight is 365 g/mol. The van der Waals surface area contributed by atoms with E-state index in [0.29, 0.717) is 30.7 Å². The number of piperidine rings is 1. The molecule has 1 aromatic carbocycles. The molecule has 0 bridgehead atoms. The number of hydrogen-bond acceptors (Lipinski definition) is 4. The lowest BCUT2D eigenvalue weighted by molar-refractivity contribution is 0.0369. The van der Waals surface area contributed by atoms with Crippen molar-refractivity contribution in [1.82, 2.24) is 14.7 Å². The number of benzene rings is 1. The Kier molecular flexibility index (Phi) is 5.46. The van der Waals surface area contributed by atoms with Gasteiger partial charge in [0.1, 0.15) is 0 Å². The fourth-order valence-corrected chi connectivity index (χ4v) is 5.20. The summed E-state index contributed by atoms with van der Waals surface area (Å²) >= 11 is 0. The molecule has 0 unspecified atom stereocenters.